The Balaban J connectivity index is 1.22. The number of amides is 1. The fraction of sp³-hybridized carbons (Fsp3) is 0.429. The Hall–Kier alpha value is -4.45. The van der Waals surface area contributed by atoms with Gasteiger partial charge in [0.1, 0.15) is 11.4 Å². The van der Waals surface area contributed by atoms with Gasteiger partial charge in [-0.05, 0) is 82.7 Å². The smallest absolute Gasteiger partial charge is 0.410 e. The maximum absolute atomic E-state index is 12.9. The van der Waals surface area contributed by atoms with Crippen molar-refractivity contribution in [3.63, 3.8) is 0 Å². The maximum atomic E-state index is 12.9. The third-order valence-corrected chi connectivity index (χ3v) is 9.58. The number of hydrogen-bond acceptors (Lipinski definition) is 9. The van der Waals surface area contributed by atoms with Crippen molar-refractivity contribution in [1.82, 2.24) is 19.9 Å². The molecule has 2 N–H and O–H groups in total. The molecule has 0 spiro atoms. The molecule has 1 aliphatic heterocycles. The molecule has 0 unspecified atom stereocenters. The molecule has 2 aromatic carbocycles. The third kappa shape index (κ3) is 8.29. The van der Waals surface area contributed by atoms with Gasteiger partial charge in [0.2, 0.25) is 21.9 Å². The summed E-state index contributed by atoms with van der Waals surface area (Å²) in [6, 6.07) is 14.8. The molecule has 1 saturated carbocycles. The number of rotatable bonds is 10. The van der Waals surface area contributed by atoms with E-state index in [9.17, 15) is 13.2 Å². The molecule has 2 aromatic heterocycles. The molecule has 1 amide bonds. The monoisotopic (exact) mass is 658 g/mol. The highest BCUT2D eigenvalue weighted by Crippen LogP contribution is 2.39. The Morgan fingerprint density at radius 1 is 1.00 bits per heavy atom. The molecule has 12 heteroatoms. The number of likely N-dealkylation sites (tertiary alicyclic amines) is 1. The zero-order valence-electron chi connectivity index (χ0n) is 27.3. The quantitative estimate of drug-likeness (QED) is 0.182. The van der Waals surface area contributed by atoms with E-state index in [0.717, 1.165) is 42.0 Å². The summed E-state index contributed by atoms with van der Waals surface area (Å²) in [4.78, 5) is 28.2. The van der Waals surface area contributed by atoms with Gasteiger partial charge in [0.05, 0.1) is 22.7 Å². The van der Waals surface area contributed by atoms with Gasteiger partial charge in [-0.1, -0.05) is 37.1 Å². The third-order valence-electron chi connectivity index (χ3n) is 8.27. The van der Waals surface area contributed by atoms with Gasteiger partial charge in [0.25, 0.3) is 0 Å². The zero-order chi connectivity index (χ0) is 33.2. The lowest BCUT2D eigenvalue weighted by Gasteiger charge is -2.34. The predicted molar refractivity (Wildman–Crippen MR) is 183 cm³/mol. The lowest BCUT2D eigenvalue weighted by atomic mass is 10.0. The number of anilines is 2. The number of sulfonamides is 1. The summed E-state index contributed by atoms with van der Waals surface area (Å²) in [6.07, 6.45) is 7.63. The highest BCUT2D eigenvalue weighted by atomic mass is 32.2. The van der Waals surface area contributed by atoms with E-state index in [0.29, 0.717) is 60.0 Å². The average Bonchev–Trinajstić information content (AvgIpc) is 3.86. The summed E-state index contributed by atoms with van der Waals surface area (Å²) in [5.41, 5.74) is 2.12. The molecule has 2 aliphatic rings. The van der Waals surface area contributed by atoms with Crippen molar-refractivity contribution in [2.45, 2.75) is 71.4 Å². The first kappa shape index (κ1) is 32.5. The van der Waals surface area contributed by atoms with E-state index in [1.165, 1.54) is 0 Å². The summed E-state index contributed by atoms with van der Waals surface area (Å²) in [5.74, 6) is 2.01. The summed E-state index contributed by atoms with van der Waals surface area (Å²) >= 11 is 0. The number of carbonyl (C=O) groups excluding carboxylic acids is 1. The number of ether oxygens (including phenoxy) is 2. The van der Waals surface area contributed by atoms with Gasteiger partial charge in [-0.15, -0.1) is 0 Å². The molecule has 1 atom stereocenters. The minimum absolute atomic E-state index is 0.0326. The van der Waals surface area contributed by atoms with Gasteiger partial charge < -0.3 is 19.7 Å². The summed E-state index contributed by atoms with van der Waals surface area (Å²) in [5, 5.41) is 4.90. The summed E-state index contributed by atoms with van der Waals surface area (Å²) in [6.45, 7) is 8.66. The maximum Gasteiger partial charge on any atom is 0.410 e. The molecule has 47 heavy (non-hydrogen) atoms. The second-order valence-electron chi connectivity index (χ2n) is 13.4. The molecule has 0 radical (unpaired) electrons. The molecule has 248 valence electrons. The number of benzene rings is 2. The van der Waals surface area contributed by atoms with Crippen LogP contribution in [0.3, 0.4) is 0 Å². The number of fused-ring (bicyclic) bond motifs is 1. The Bertz CT molecular complexity index is 1870. The van der Waals surface area contributed by atoms with Gasteiger partial charge in [-0.2, -0.15) is 0 Å². The molecular formula is C35H42N6O5S. The van der Waals surface area contributed by atoms with Crippen LogP contribution in [-0.4, -0.2) is 64.8 Å². The molecule has 4 aromatic rings. The average molecular weight is 659 g/mol. The number of nitrogens with zero attached hydrogens (tertiary/aromatic N) is 4. The van der Waals surface area contributed by atoms with Crippen LogP contribution in [0.4, 0.5) is 16.4 Å². The Morgan fingerprint density at radius 2 is 1.83 bits per heavy atom. The van der Waals surface area contributed by atoms with Crippen LogP contribution in [0.15, 0.2) is 60.9 Å². The minimum Gasteiger partial charge on any atom is -0.444 e. The lowest BCUT2D eigenvalue weighted by Crippen LogP contribution is -2.47. The first-order chi connectivity index (χ1) is 22.4. The molecule has 1 aliphatic carbocycles. The number of hydrogen-bond donors (Lipinski definition) is 2. The van der Waals surface area contributed by atoms with E-state index in [1.54, 1.807) is 29.4 Å². The number of pyridine rings is 1. The lowest BCUT2D eigenvalue weighted by molar-refractivity contribution is 0.0206. The SMILES string of the molecule is Cc1ccc2c(NS(=O)(=O)CCC3CC3)cccc2c1Oc1ncccc1-c1ccnc(N[C@H]2CCCN(C(=O)OC(C)(C)C)C2)n1. The van der Waals surface area contributed by atoms with Crippen LogP contribution in [0.2, 0.25) is 0 Å². The molecular weight excluding hydrogens is 616 g/mol. The fourth-order valence-corrected chi connectivity index (χ4v) is 6.98. The highest BCUT2D eigenvalue weighted by molar-refractivity contribution is 7.92. The van der Waals surface area contributed by atoms with Crippen molar-refractivity contribution < 1.29 is 22.7 Å². The molecule has 11 nitrogen and oxygen atoms in total. The second-order valence-corrected chi connectivity index (χ2v) is 15.2. The van der Waals surface area contributed by atoms with Crippen LogP contribution in [-0.2, 0) is 14.8 Å². The topological polar surface area (TPSA) is 136 Å². The van der Waals surface area contributed by atoms with Crippen LogP contribution in [0.5, 0.6) is 11.6 Å². The van der Waals surface area contributed by atoms with Crippen molar-refractivity contribution in [1.29, 1.82) is 0 Å². The Kier molecular flexibility index (Phi) is 9.23. The van der Waals surface area contributed by atoms with Crippen LogP contribution >= 0.6 is 0 Å². The first-order valence-electron chi connectivity index (χ1n) is 16.2. The van der Waals surface area contributed by atoms with Crippen molar-refractivity contribution in [3.05, 3.63) is 66.5 Å². The van der Waals surface area contributed by atoms with Crippen LogP contribution in [0, 0.1) is 12.8 Å². The Morgan fingerprint density at radius 3 is 2.62 bits per heavy atom. The van der Waals surface area contributed by atoms with Crippen molar-refractivity contribution in [2.24, 2.45) is 5.92 Å². The summed E-state index contributed by atoms with van der Waals surface area (Å²) < 4.78 is 40.6. The number of piperidine rings is 1. The molecule has 3 heterocycles. The number of aryl methyl sites for hydroxylation is 1. The van der Waals surface area contributed by atoms with Crippen molar-refractivity contribution in [3.8, 4) is 22.9 Å². The van der Waals surface area contributed by atoms with Gasteiger partial charge in [-0.25, -0.2) is 28.2 Å². The highest BCUT2D eigenvalue weighted by Gasteiger charge is 2.28. The molecule has 6 rings (SSSR count). The van der Waals surface area contributed by atoms with Crippen LogP contribution < -0.4 is 14.8 Å². The number of nitrogens with one attached hydrogen (secondary N) is 2. The largest absolute Gasteiger partial charge is 0.444 e. The van der Waals surface area contributed by atoms with E-state index >= 15 is 0 Å². The van der Waals surface area contributed by atoms with E-state index < -0.39 is 15.6 Å². The fourth-order valence-electron chi connectivity index (χ4n) is 5.72. The van der Waals surface area contributed by atoms with E-state index in [4.69, 9.17) is 14.5 Å². The zero-order valence-corrected chi connectivity index (χ0v) is 28.1. The van der Waals surface area contributed by atoms with Gasteiger partial charge in [0, 0.05) is 42.3 Å². The van der Waals surface area contributed by atoms with E-state index in [-0.39, 0.29) is 17.9 Å². The van der Waals surface area contributed by atoms with E-state index in [2.05, 4.69) is 20.0 Å². The molecule has 0 bridgehead atoms. The van der Waals surface area contributed by atoms with Gasteiger partial charge in [-0.3, -0.25) is 4.72 Å². The normalized spacial score (nSPS) is 16.9. The minimum atomic E-state index is -3.48. The first-order valence-corrected chi connectivity index (χ1v) is 17.8. The van der Waals surface area contributed by atoms with Gasteiger partial charge in [0.15, 0.2) is 0 Å². The number of carbonyl (C=O) groups is 1. The second kappa shape index (κ2) is 13.3. The van der Waals surface area contributed by atoms with E-state index in [1.807, 2.05) is 64.1 Å². The molecule has 2 fully saturated rings. The van der Waals surface area contributed by atoms with Crippen LogP contribution in [0.25, 0.3) is 22.0 Å². The standard InChI is InChI=1S/C35H42N6O5S/c1-23-12-15-26-27(9-5-11-30(26)40-47(43,44)21-17-24-13-14-24)31(23)45-32-28(10-6-18-36-32)29-16-19-37-33(39-29)38-25-8-7-20-41(22-25)34(42)46-35(2,3)4/h5-6,9-12,15-16,18-19,24-25,40H,7-8,13-14,17,20-22H2,1-4H3,(H,37,38,39)/t25-/m0/s1. The molecule has 1 saturated heterocycles. The van der Waals surface area contributed by atoms with Crippen molar-refractivity contribution in [2.75, 3.05) is 28.9 Å². The number of aromatic nitrogens is 3. The van der Waals surface area contributed by atoms with Crippen molar-refractivity contribution >= 4 is 38.5 Å². The predicted octanol–water partition coefficient (Wildman–Crippen LogP) is 7.15. The van der Waals surface area contributed by atoms with Gasteiger partial charge >= 0.3 is 6.09 Å². The summed E-state index contributed by atoms with van der Waals surface area (Å²) in [7, 11) is -3.48. The van der Waals surface area contributed by atoms with Crippen LogP contribution in [0.1, 0.15) is 58.4 Å². The Labute approximate surface area is 276 Å².